The molecule has 1 aromatic carbocycles. The number of benzene rings is 1. The second kappa shape index (κ2) is 5.45. The summed E-state index contributed by atoms with van der Waals surface area (Å²) in [6.07, 6.45) is 0. The lowest BCUT2D eigenvalue weighted by Crippen LogP contribution is -2.28. The van der Waals surface area contributed by atoms with Gasteiger partial charge in [-0.2, -0.15) is 9.40 Å². The van der Waals surface area contributed by atoms with Gasteiger partial charge in [-0.05, 0) is 38.0 Å². The molecule has 3 N–H and O–H groups in total. The number of nitrogen functional groups attached to an aromatic ring is 1. The zero-order chi connectivity index (χ0) is 15.8. The van der Waals surface area contributed by atoms with Crippen molar-refractivity contribution in [2.24, 2.45) is 0 Å². The fourth-order valence-corrected chi connectivity index (χ4v) is 3.72. The molecule has 2 aromatic rings. The van der Waals surface area contributed by atoms with Crippen molar-refractivity contribution in [2.45, 2.75) is 32.2 Å². The summed E-state index contributed by atoms with van der Waals surface area (Å²) in [5.74, 6) is 1.07. The van der Waals surface area contributed by atoms with Gasteiger partial charge in [0.1, 0.15) is 5.82 Å². The van der Waals surface area contributed by atoms with Crippen LogP contribution in [0.3, 0.4) is 0 Å². The van der Waals surface area contributed by atoms with E-state index in [0.29, 0.717) is 28.5 Å². The number of nitrogens with two attached hydrogens (primary N) is 1. The molecule has 0 aliphatic rings. The molecule has 2 rings (SSSR count). The maximum Gasteiger partial charge on any atom is 0.243 e. The third kappa shape index (κ3) is 2.91. The standard InChI is InChI=1S/C13H19N5O2S/c1-8-5-6-11(14)9(2)13(8)21(19,20)18(4)7-12-15-10(3)16-17-12/h5-6H,7,14H2,1-4H3,(H,15,16,17). The summed E-state index contributed by atoms with van der Waals surface area (Å²) in [6.45, 7) is 5.32. The molecule has 114 valence electrons. The molecule has 0 saturated carbocycles. The molecule has 0 unspecified atom stereocenters. The minimum atomic E-state index is -3.65. The van der Waals surface area contributed by atoms with Crippen LogP contribution < -0.4 is 5.73 Å². The molecule has 0 atom stereocenters. The highest BCUT2D eigenvalue weighted by atomic mass is 32.2. The molecular weight excluding hydrogens is 290 g/mol. The van der Waals surface area contributed by atoms with E-state index in [1.165, 1.54) is 11.4 Å². The average Bonchev–Trinajstić information content (AvgIpc) is 2.79. The smallest absolute Gasteiger partial charge is 0.243 e. The van der Waals surface area contributed by atoms with Crippen LogP contribution >= 0.6 is 0 Å². The van der Waals surface area contributed by atoms with Crippen LogP contribution in [-0.4, -0.2) is 35.0 Å². The van der Waals surface area contributed by atoms with Crippen molar-refractivity contribution >= 4 is 15.7 Å². The average molecular weight is 309 g/mol. The molecule has 0 saturated heterocycles. The fourth-order valence-electron chi connectivity index (χ4n) is 2.14. The Labute approximate surface area is 124 Å². The van der Waals surface area contributed by atoms with Crippen LogP contribution in [-0.2, 0) is 16.6 Å². The minimum absolute atomic E-state index is 0.0976. The van der Waals surface area contributed by atoms with Gasteiger partial charge in [-0.15, -0.1) is 0 Å². The largest absolute Gasteiger partial charge is 0.398 e. The molecule has 1 heterocycles. The molecule has 0 aliphatic carbocycles. The summed E-state index contributed by atoms with van der Waals surface area (Å²) in [7, 11) is -2.15. The highest BCUT2D eigenvalue weighted by Gasteiger charge is 2.26. The molecule has 8 heteroatoms. The van der Waals surface area contributed by atoms with Gasteiger partial charge in [0.2, 0.25) is 10.0 Å². The lowest BCUT2D eigenvalue weighted by atomic mass is 10.1. The Bertz CT molecular complexity index is 767. The predicted octanol–water partition coefficient (Wildman–Crippen LogP) is 1.13. The van der Waals surface area contributed by atoms with Crippen molar-refractivity contribution < 1.29 is 8.42 Å². The summed E-state index contributed by atoms with van der Waals surface area (Å²) < 4.78 is 26.7. The highest BCUT2D eigenvalue weighted by molar-refractivity contribution is 7.89. The van der Waals surface area contributed by atoms with Crippen LogP contribution in [0.25, 0.3) is 0 Å². The SMILES string of the molecule is Cc1nc(CN(C)S(=O)(=O)c2c(C)ccc(N)c2C)n[nH]1. The number of H-pyrrole nitrogens is 1. The Morgan fingerprint density at radius 1 is 1.29 bits per heavy atom. The fraction of sp³-hybridized carbons (Fsp3) is 0.385. The van der Waals surface area contributed by atoms with E-state index < -0.39 is 10.0 Å². The number of nitrogens with one attached hydrogen (secondary N) is 1. The van der Waals surface area contributed by atoms with Crippen molar-refractivity contribution in [3.63, 3.8) is 0 Å². The van der Waals surface area contributed by atoms with Crippen molar-refractivity contribution in [3.05, 3.63) is 34.9 Å². The molecule has 0 aliphatic heterocycles. The van der Waals surface area contributed by atoms with E-state index in [1.54, 1.807) is 32.9 Å². The lowest BCUT2D eigenvalue weighted by molar-refractivity contribution is 0.456. The molecule has 0 spiro atoms. The van der Waals surface area contributed by atoms with E-state index in [4.69, 9.17) is 5.73 Å². The van der Waals surface area contributed by atoms with Gasteiger partial charge < -0.3 is 5.73 Å². The van der Waals surface area contributed by atoms with Crippen LogP contribution in [0.5, 0.6) is 0 Å². The maximum atomic E-state index is 12.7. The monoisotopic (exact) mass is 309 g/mol. The normalized spacial score (nSPS) is 12.0. The Morgan fingerprint density at radius 2 is 1.95 bits per heavy atom. The summed E-state index contributed by atoms with van der Waals surface area (Å²) in [5, 5.41) is 6.65. The lowest BCUT2D eigenvalue weighted by Gasteiger charge is -2.19. The van der Waals surface area contributed by atoms with Crippen LogP contribution in [0, 0.1) is 20.8 Å². The molecule has 0 radical (unpaired) electrons. The number of sulfonamides is 1. The van der Waals surface area contributed by atoms with Gasteiger partial charge in [0.15, 0.2) is 5.82 Å². The van der Waals surface area contributed by atoms with Gasteiger partial charge in [-0.1, -0.05) is 6.07 Å². The minimum Gasteiger partial charge on any atom is -0.398 e. The number of aromatic nitrogens is 3. The Balaban J connectivity index is 2.40. The Hall–Kier alpha value is -1.93. The van der Waals surface area contributed by atoms with Gasteiger partial charge >= 0.3 is 0 Å². The van der Waals surface area contributed by atoms with E-state index in [1.807, 2.05) is 0 Å². The summed E-state index contributed by atoms with van der Waals surface area (Å²) in [5.41, 5.74) is 7.52. The quantitative estimate of drug-likeness (QED) is 0.824. The van der Waals surface area contributed by atoms with E-state index in [9.17, 15) is 8.42 Å². The first-order chi connectivity index (χ1) is 9.73. The molecular formula is C13H19N5O2S. The first-order valence-electron chi connectivity index (χ1n) is 6.43. The van der Waals surface area contributed by atoms with Crippen LogP contribution in [0.4, 0.5) is 5.69 Å². The van der Waals surface area contributed by atoms with Crippen molar-refractivity contribution in [3.8, 4) is 0 Å². The van der Waals surface area contributed by atoms with E-state index in [-0.39, 0.29) is 11.4 Å². The molecule has 7 nitrogen and oxygen atoms in total. The van der Waals surface area contributed by atoms with E-state index in [2.05, 4.69) is 15.2 Å². The molecule has 1 aromatic heterocycles. The highest BCUT2D eigenvalue weighted by Crippen LogP contribution is 2.27. The zero-order valence-electron chi connectivity index (χ0n) is 12.5. The number of hydrogen-bond donors (Lipinski definition) is 2. The summed E-state index contributed by atoms with van der Waals surface area (Å²) in [6, 6.07) is 3.42. The van der Waals surface area contributed by atoms with Gasteiger partial charge in [0.05, 0.1) is 11.4 Å². The topological polar surface area (TPSA) is 105 Å². The van der Waals surface area contributed by atoms with E-state index >= 15 is 0 Å². The van der Waals surface area contributed by atoms with Gasteiger partial charge in [0, 0.05) is 12.7 Å². The molecule has 0 bridgehead atoms. The third-order valence-electron chi connectivity index (χ3n) is 3.32. The predicted molar refractivity (Wildman–Crippen MR) is 80.1 cm³/mol. The zero-order valence-corrected chi connectivity index (χ0v) is 13.3. The first kappa shape index (κ1) is 15.5. The summed E-state index contributed by atoms with van der Waals surface area (Å²) >= 11 is 0. The second-order valence-electron chi connectivity index (χ2n) is 5.02. The molecule has 0 amide bonds. The van der Waals surface area contributed by atoms with E-state index in [0.717, 1.165) is 0 Å². The first-order valence-corrected chi connectivity index (χ1v) is 7.87. The van der Waals surface area contributed by atoms with Crippen LogP contribution in [0.2, 0.25) is 0 Å². The maximum absolute atomic E-state index is 12.7. The van der Waals surface area contributed by atoms with Crippen molar-refractivity contribution in [1.29, 1.82) is 0 Å². The summed E-state index contributed by atoms with van der Waals surface area (Å²) in [4.78, 5) is 4.37. The molecule has 0 fully saturated rings. The van der Waals surface area contributed by atoms with Gasteiger partial charge in [0.25, 0.3) is 0 Å². The van der Waals surface area contributed by atoms with Crippen molar-refractivity contribution in [1.82, 2.24) is 19.5 Å². The molecule has 21 heavy (non-hydrogen) atoms. The Morgan fingerprint density at radius 3 is 2.52 bits per heavy atom. The Kier molecular flexibility index (Phi) is 4.02. The number of rotatable bonds is 4. The number of aromatic amines is 1. The van der Waals surface area contributed by atoms with Crippen molar-refractivity contribution in [2.75, 3.05) is 12.8 Å². The number of hydrogen-bond acceptors (Lipinski definition) is 5. The number of aryl methyl sites for hydroxylation is 2. The van der Waals surface area contributed by atoms with Crippen LogP contribution in [0.15, 0.2) is 17.0 Å². The van der Waals surface area contributed by atoms with Crippen LogP contribution in [0.1, 0.15) is 22.8 Å². The van der Waals surface area contributed by atoms with Gasteiger partial charge in [-0.25, -0.2) is 13.4 Å². The second-order valence-corrected chi connectivity index (χ2v) is 7.01. The number of anilines is 1. The van der Waals surface area contributed by atoms with Gasteiger partial charge in [-0.3, -0.25) is 5.10 Å². The number of nitrogens with zero attached hydrogens (tertiary/aromatic N) is 3. The third-order valence-corrected chi connectivity index (χ3v) is 5.41.